The first-order valence-corrected chi connectivity index (χ1v) is 5.73. The van der Waals surface area contributed by atoms with Crippen LogP contribution in [0.5, 0.6) is 0 Å². The predicted octanol–water partition coefficient (Wildman–Crippen LogP) is 2.54. The highest BCUT2D eigenvalue weighted by Crippen LogP contribution is 2.28. The zero-order valence-electron chi connectivity index (χ0n) is 10.4. The van der Waals surface area contributed by atoms with Crippen molar-refractivity contribution >= 4 is 17.0 Å². The van der Waals surface area contributed by atoms with E-state index in [0.29, 0.717) is 5.52 Å². The summed E-state index contributed by atoms with van der Waals surface area (Å²) in [5, 5.41) is 8.89. The molecule has 20 heavy (non-hydrogen) atoms. The zero-order valence-corrected chi connectivity index (χ0v) is 10.4. The molecule has 1 aromatic carbocycles. The molecule has 2 aromatic rings. The van der Waals surface area contributed by atoms with Crippen molar-refractivity contribution in [3.05, 3.63) is 34.2 Å². The molecule has 1 heterocycles. The minimum absolute atomic E-state index is 0.0931. The van der Waals surface area contributed by atoms with Gasteiger partial charge >= 0.3 is 17.8 Å². The molecule has 2 N–H and O–H groups in total. The largest absolute Gasteiger partial charge is 0.478 e. The second-order valence-electron chi connectivity index (χ2n) is 4.51. The fourth-order valence-electron chi connectivity index (χ4n) is 2.12. The Balaban J connectivity index is 2.57. The van der Waals surface area contributed by atoms with Crippen molar-refractivity contribution < 1.29 is 23.1 Å². The van der Waals surface area contributed by atoms with E-state index in [9.17, 15) is 22.8 Å². The smallest absolute Gasteiger partial charge is 0.391 e. The number of halogens is 3. The summed E-state index contributed by atoms with van der Waals surface area (Å²) in [6.07, 6.45) is -5.58. The molecule has 8 heteroatoms. The number of hydrogen-bond acceptors (Lipinski definition) is 2. The van der Waals surface area contributed by atoms with Crippen LogP contribution in [0.3, 0.4) is 0 Å². The number of H-pyrrole nitrogens is 1. The van der Waals surface area contributed by atoms with E-state index in [-0.39, 0.29) is 11.1 Å². The number of fused-ring (bicyclic) bond motifs is 1. The molecule has 1 aromatic heterocycles. The quantitative estimate of drug-likeness (QED) is 0.911. The molecule has 0 saturated carbocycles. The van der Waals surface area contributed by atoms with E-state index in [0.717, 1.165) is 4.57 Å². The number of nitrogens with zero attached hydrogens (tertiary/aromatic N) is 1. The number of aromatic nitrogens is 2. The molecule has 0 radical (unpaired) electrons. The van der Waals surface area contributed by atoms with Gasteiger partial charge in [0.15, 0.2) is 0 Å². The van der Waals surface area contributed by atoms with Crippen molar-refractivity contribution in [2.75, 3.05) is 0 Å². The Hall–Kier alpha value is -2.25. The number of carbonyl (C=O) groups is 1. The van der Waals surface area contributed by atoms with Gasteiger partial charge in [0.1, 0.15) is 0 Å². The van der Waals surface area contributed by atoms with Crippen molar-refractivity contribution in [3.63, 3.8) is 0 Å². The van der Waals surface area contributed by atoms with Crippen LogP contribution in [0, 0.1) is 0 Å². The van der Waals surface area contributed by atoms with Crippen molar-refractivity contribution in [2.45, 2.75) is 25.6 Å². The predicted molar refractivity (Wildman–Crippen MR) is 64.9 cm³/mol. The van der Waals surface area contributed by atoms with E-state index >= 15 is 0 Å². The van der Waals surface area contributed by atoms with Gasteiger partial charge in [0.05, 0.1) is 23.0 Å². The highest BCUT2D eigenvalue weighted by atomic mass is 19.4. The van der Waals surface area contributed by atoms with Gasteiger partial charge < -0.3 is 10.1 Å². The van der Waals surface area contributed by atoms with E-state index < -0.39 is 30.3 Å². The molecule has 2 rings (SSSR count). The van der Waals surface area contributed by atoms with Gasteiger partial charge in [0.2, 0.25) is 0 Å². The third-order valence-electron chi connectivity index (χ3n) is 2.93. The van der Waals surface area contributed by atoms with E-state index in [1.54, 1.807) is 0 Å². The standard InChI is InChI=1S/C12H11F3N2O3/c1-6(5-12(13,14)15)17-9-4-7(10(18)19)2-3-8(9)16-11(17)20/h2-4,6H,5H2,1H3,(H,16,20)(H,18,19). The van der Waals surface area contributed by atoms with Gasteiger partial charge in [-0.15, -0.1) is 0 Å². The van der Waals surface area contributed by atoms with Crippen LogP contribution in [0.2, 0.25) is 0 Å². The number of aromatic carboxylic acids is 1. The monoisotopic (exact) mass is 288 g/mol. The number of imidazole rings is 1. The van der Waals surface area contributed by atoms with E-state index in [2.05, 4.69) is 4.98 Å². The van der Waals surface area contributed by atoms with Gasteiger partial charge in [-0.25, -0.2) is 9.59 Å². The molecule has 0 amide bonds. The van der Waals surface area contributed by atoms with Gasteiger partial charge in [-0.3, -0.25) is 4.57 Å². The van der Waals surface area contributed by atoms with Gasteiger partial charge in [-0.05, 0) is 25.1 Å². The molecular formula is C12H11F3N2O3. The summed E-state index contributed by atoms with van der Waals surface area (Å²) < 4.78 is 38.2. The number of aromatic amines is 1. The zero-order chi connectivity index (χ0) is 15.1. The Morgan fingerprint density at radius 1 is 1.45 bits per heavy atom. The van der Waals surface area contributed by atoms with E-state index in [1.807, 2.05) is 0 Å². The van der Waals surface area contributed by atoms with Crippen LogP contribution in [-0.2, 0) is 0 Å². The molecule has 0 aliphatic carbocycles. The number of alkyl halides is 3. The summed E-state index contributed by atoms with van der Waals surface area (Å²) in [6, 6.07) is 2.69. The summed E-state index contributed by atoms with van der Waals surface area (Å²) in [5.41, 5.74) is -0.343. The molecule has 0 fully saturated rings. The number of carboxylic acids is 1. The molecule has 5 nitrogen and oxygen atoms in total. The maximum absolute atomic E-state index is 12.4. The molecule has 0 aliphatic heterocycles. The fraction of sp³-hybridized carbons (Fsp3) is 0.333. The Morgan fingerprint density at radius 3 is 2.65 bits per heavy atom. The van der Waals surface area contributed by atoms with Crippen LogP contribution in [0.15, 0.2) is 23.0 Å². The summed E-state index contributed by atoms with van der Waals surface area (Å²) in [5.74, 6) is -1.21. The number of benzene rings is 1. The normalized spacial score (nSPS) is 13.6. The Labute approximate surface area is 110 Å². The molecule has 0 aliphatic rings. The maximum Gasteiger partial charge on any atom is 0.391 e. The van der Waals surface area contributed by atoms with Crippen LogP contribution >= 0.6 is 0 Å². The van der Waals surface area contributed by atoms with Gasteiger partial charge in [0, 0.05) is 6.04 Å². The van der Waals surface area contributed by atoms with E-state index in [4.69, 9.17) is 5.11 Å². The first-order valence-electron chi connectivity index (χ1n) is 5.73. The third kappa shape index (κ3) is 2.68. The molecular weight excluding hydrogens is 277 g/mol. The van der Waals surface area contributed by atoms with Gasteiger partial charge in [0.25, 0.3) is 0 Å². The highest BCUT2D eigenvalue weighted by molar-refractivity contribution is 5.92. The molecule has 1 unspecified atom stereocenters. The van der Waals surface area contributed by atoms with Crippen LogP contribution in [-0.4, -0.2) is 26.8 Å². The van der Waals surface area contributed by atoms with E-state index in [1.165, 1.54) is 25.1 Å². The summed E-state index contributed by atoms with van der Waals surface area (Å²) >= 11 is 0. The van der Waals surface area contributed by atoms with Crippen molar-refractivity contribution in [2.24, 2.45) is 0 Å². The minimum atomic E-state index is -4.41. The fourth-order valence-corrected chi connectivity index (χ4v) is 2.12. The maximum atomic E-state index is 12.4. The second kappa shape index (κ2) is 4.69. The van der Waals surface area contributed by atoms with Crippen molar-refractivity contribution in [3.8, 4) is 0 Å². The lowest BCUT2D eigenvalue weighted by molar-refractivity contribution is -0.141. The van der Waals surface area contributed by atoms with Gasteiger partial charge in [-0.1, -0.05) is 0 Å². The first-order chi connectivity index (χ1) is 9.19. The highest BCUT2D eigenvalue weighted by Gasteiger charge is 2.31. The average molecular weight is 288 g/mol. The average Bonchev–Trinajstić information content (AvgIpc) is 2.61. The lowest BCUT2D eigenvalue weighted by atomic mass is 10.1. The summed E-state index contributed by atoms with van der Waals surface area (Å²) in [6.45, 7) is 1.26. The first kappa shape index (κ1) is 14.2. The molecule has 1 atom stereocenters. The lowest BCUT2D eigenvalue weighted by Gasteiger charge is -2.15. The number of carboxylic acid groups (broad SMARTS) is 1. The number of nitrogens with one attached hydrogen (secondary N) is 1. The summed E-state index contributed by atoms with van der Waals surface area (Å²) in [7, 11) is 0. The Morgan fingerprint density at radius 2 is 2.10 bits per heavy atom. The minimum Gasteiger partial charge on any atom is -0.478 e. The number of hydrogen-bond donors (Lipinski definition) is 2. The lowest BCUT2D eigenvalue weighted by Crippen LogP contribution is -2.24. The second-order valence-corrected chi connectivity index (χ2v) is 4.51. The SMILES string of the molecule is CC(CC(F)(F)F)n1c(=O)[nH]c2ccc(C(=O)O)cc21. The number of rotatable bonds is 3. The van der Waals surface area contributed by atoms with Crippen LogP contribution in [0.25, 0.3) is 11.0 Å². The molecule has 0 bridgehead atoms. The third-order valence-corrected chi connectivity index (χ3v) is 2.93. The molecule has 108 valence electrons. The Kier molecular flexibility index (Phi) is 3.33. The summed E-state index contributed by atoms with van der Waals surface area (Å²) in [4.78, 5) is 25.0. The molecule has 0 spiro atoms. The van der Waals surface area contributed by atoms with Crippen LogP contribution in [0.1, 0.15) is 29.7 Å². The van der Waals surface area contributed by atoms with Crippen molar-refractivity contribution in [1.82, 2.24) is 9.55 Å². The molecule has 0 saturated heterocycles. The van der Waals surface area contributed by atoms with Crippen molar-refractivity contribution in [1.29, 1.82) is 0 Å². The van der Waals surface area contributed by atoms with Gasteiger partial charge in [-0.2, -0.15) is 13.2 Å². The van der Waals surface area contributed by atoms with Crippen LogP contribution < -0.4 is 5.69 Å². The topological polar surface area (TPSA) is 75.1 Å². The Bertz CT molecular complexity index is 715. The van der Waals surface area contributed by atoms with Crippen LogP contribution in [0.4, 0.5) is 13.2 Å².